The van der Waals surface area contributed by atoms with Crippen molar-refractivity contribution in [3.8, 4) is 0 Å². The first-order valence-corrected chi connectivity index (χ1v) is 9.73. The number of aromatic nitrogens is 2. The van der Waals surface area contributed by atoms with Gasteiger partial charge in [-0.2, -0.15) is 5.10 Å². The van der Waals surface area contributed by atoms with Crippen molar-refractivity contribution < 1.29 is 4.79 Å². The molecule has 0 aliphatic carbocycles. The highest BCUT2D eigenvalue weighted by Gasteiger charge is 2.36. The van der Waals surface area contributed by atoms with Gasteiger partial charge in [-0.1, -0.05) is 30.3 Å². The van der Waals surface area contributed by atoms with Gasteiger partial charge in [0.25, 0.3) is 0 Å². The number of rotatable bonds is 5. The summed E-state index contributed by atoms with van der Waals surface area (Å²) >= 11 is 0. The molecule has 1 aromatic carbocycles. The number of fused-ring (bicyclic) bond motifs is 4. The number of benzene rings is 1. The zero-order chi connectivity index (χ0) is 17.9. The van der Waals surface area contributed by atoms with Crippen LogP contribution in [0.4, 0.5) is 0 Å². The molecule has 3 fully saturated rings. The van der Waals surface area contributed by atoms with Crippen LogP contribution in [0.5, 0.6) is 0 Å². The maximum atomic E-state index is 12.8. The van der Waals surface area contributed by atoms with Crippen molar-refractivity contribution in [1.29, 1.82) is 0 Å². The van der Waals surface area contributed by atoms with Crippen LogP contribution in [0.3, 0.4) is 0 Å². The van der Waals surface area contributed by atoms with Crippen LogP contribution >= 0.6 is 0 Å². The number of aryl methyl sites for hydroxylation is 2. The van der Waals surface area contributed by atoms with Crippen molar-refractivity contribution in [2.24, 2.45) is 5.92 Å². The van der Waals surface area contributed by atoms with Gasteiger partial charge in [-0.25, -0.2) is 0 Å². The third kappa shape index (κ3) is 3.83. The fraction of sp³-hybridized carbons (Fsp3) is 0.524. The van der Waals surface area contributed by atoms with E-state index >= 15 is 0 Å². The first-order chi connectivity index (χ1) is 12.7. The Morgan fingerprint density at radius 2 is 1.96 bits per heavy atom. The van der Waals surface area contributed by atoms with Crippen molar-refractivity contribution in [2.75, 3.05) is 19.6 Å². The summed E-state index contributed by atoms with van der Waals surface area (Å²) in [5, 5.41) is 4.29. The Kier molecular flexibility index (Phi) is 5.07. The van der Waals surface area contributed by atoms with Crippen LogP contribution in [0.2, 0.25) is 0 Å². The molecule has 2 bridgehead atoms. The lowest BCUT2D eigenvalue weighted by Gasteiger charge is -2.36. The number of amides is 1. The number of carbonyl (C=O) groups is 1. The van der Waals surface area contributed by atoms with Crippen LogP contribution in [0.25, 0.3) is 0 Å². The van der Waals surface area contributed by atoms with E-state index in [2.05, 4.69) is 45.2 Å². The van der Waals surface area contributed by atoms with Crippen LogP contribution in [0.15, 0.2) is 42.6 Å². The summed E-state index contributed by atoms with van der Waals surface area (Å²) in [6, 6.07) is 13.2. The lowest BCUT2D eigenvalue weighted by molar-refractivity contribution is -0.131. The molecule has 4 heterocycles. The molecule has 5 nitrogen and oxygen atoms in total. The van der Waals surface area contributed by atoms with Crippen molar-refractivity contribution in [2.45, 2.75) is 45.3 Å². The molecular weight excluding hydrogens is 324 g/mol. The topological polar surface area (TPSA) is 41.4 Å². The molecule has 3 aliphatic rings. The second-order valence-corrected chi connectivity index (χ2v) is 7.76. The van der Waals surface area contributed by atoms with E-state index in [-0.39, 0.29) is 5.91 Å². The second kappa shape index (κ2) is 7.62. The average molecular weight is 352 g/mol. The van der Waals surface area contributed by atoms with E-state index in [0.29, 0.717) is 24.9 Å². The Balaban J connectivity index is 1.38. The summed E-state index contributed by atoms with van der Waals surface area (Å²) in [6.07, 6.45) is 4.80. The molecule has 0 radical (unpaired) electrons. The largest absolute Gasteiger partial charge is 0.341 e. The smallest absolute Gasteiger partial charge is 0.224 e. The number of carbonyl (C=O) groups excluding carboxylic acids is 1. The van der Waals surface area contributed by atoms with Gasteiger partial charge in [0.1, 0.15) is 0 Å². The number of hydrogen-bond donors (Lipinski definition) is 0. The summed E-state index contributed by atoms with van der Waals surface area (Å²) < 4.78 is 1.92. The minimum absolute atomic E-state index is 0.276. The Hall–Kier alpha value is -2.14. The fourth-order valence-electron chi connectivity index (χ4n) is 4.39. The highest BCUT2D eigenvalue weighted by Crippen LogP contribution is 2.29. The molecule has 3 aliphatic heterocycles. The van der Waals surface area contributed by atoms with Gasteiger partial charge in [-0.15, -0.1) is 0 Å². The SMILES string of the molecule is Cc1ccnn1CCC(=O)N1C[C@@H]2CC[C@H](C1)N(Cc1ccccc1)C2. The van der Waals surface area contributed by atoms with Gasteiger partial charge < -0.3 is 4.90 Å². The molecule has 0 N–H and O–H groups in total. The lowest BCUT2D eigenvalue weighted by atomic mass is 9.94. The second-order valence-electron chi connectivity index (χ2n) is 7.76. The van der Waals surface area contributed by atoms with E-state index in [1.165, 1.54) is 18.4 Å². The standard InChI is InChI=1S/C21H28N4O/c1-17-9-11-22-25(17)12-10-21(26)24-15-19-7-8-20(16-24)23(14-19)13-18-5-3-2-4-6-18/h2-6,9,11,19-20H,7-8,10,12-16H2,1H3/t19-,20-/m1/s1. The molecule has 26 heavy (non-hydrogen) atoms. The normalized spacial score (nSPS) is 23.2. The summed E-state index contributed by atoms with van der Waals surface area (Å²) in [5.74, 6) is 0.881. The molecule has 2 aromatic rings. The molecule has 5 rings (SSSR count). The molecule has 138 valence electrons. The molecule has 0 saturated carbocycles. The minimum Gasteiger partial charge on any atom is -0.341 e. The summed E-state index contributed by atoms with van der Waals surface area (Å²) in [7, 11) is 0. The van der Waals surface area contributed by atoms with E-state index in [4.69, 9.17) is 0 Å². The van der Waals surface area contributed by atoms with Gasteiger partial charge >= 0.3 is 0 Å². The molecular formula is C21H28N4O. The lowest BCUT2D eigenvalue weighted by Crippen LogP contribution is -2.44. The van der Waals surface area contributed by atoms with Crippen LogP contribution in [0.1, 0.15) is 30.5 Å². The third-order valence-corrected chi connectivity index (χ3v) is 5.87. The Morgan fingerprint density at radius 1 is 1.12 bits per heavy atom. The monoisotopic (exact) mass is 352 g/mol. The maximum absolute atomic E-state index is 12.8. The van der Waals surface area contributed by atoms with Crippen LogP contribution in [0, 0.1) is 12.8 Å². The summed E-state index contributed by atoms with van der Waals surface area (Å²) in [5.41, 5.74) is 2.48. The van der Waals surface area contributed by atoms with E-state index in [9.17, 15) is 4.79 Å². The van der Waals surface area contributed by atoms with E-state index < -0.39 is 0 Å². The zero-order valence-corrected chi connectivity index (χ0v) is 15.6. The zero-order valence-electron chi connectivity index (χ0n) is 15.6. The van der Waals surface area contributed by atoms with Gasteiger partial charge in [0.15, 0.2) is 0 Å². The van der Waals surface area contributed by atoms with E-state index in [0.717, 1.165) is 31.9 Å². The van der Waals surface area contributed by atoms with Gasteiger partial charge in [-0.05, 0) is 37.3 Å². The van der Waals surface area contributed by atoms with Gasteiger partial charge in [-0.3, -0.25) is 14.4 Å². The number of piperidine rings is 1. The van der Waals surface area contributed by atoms with Crippen LogP contribution < -0.4 is 0 Å². The van der Waals surface area contributed by atoms with Gasteiger partial charge in [0, 0.05) is 57.1 Å². The van der Waals surface area contributed by atoms with Crippen LogP contribution in [-0.4, -0.2) is 51.2 Å². The number of hydrogen-bond acceptors (Lipinski definition) is 3. The Morgan fingerprint density at radius 3 is 2.73 bits per heavy atom. The molecule has 1 aromatic heterocycles. The predicted octanol–water partition coefficient (Wildman–Crippen LogP) is 2.70. The molecule has 3 saturated heterocycles. The van der Waals surface area contributed by atoms with Gasteiger partial charge in [0.2, 0.25) is 5.91 Å². The number of nitrogens with zero attached hydrogens (tertiary/aromatic N) is 4. The van der Waals surface area contributed by atoms with Crippen molar-refractivity contribution >= 4 is 5.91 Å². The first-order valence-electron chi connectivity index (χ1n) is 9.73. The maximum Gasteiger partial charge on any atom is 0.224 e. The molecule has 0 unspecified atom stereocenters. The van der Waals surface area contributed by atoms with Crippen LogP contribution in [-0.2, 0) is 17.9 Å². The average Bonchev–Trinajstić information content (AvgIpc) is 2.86. The predicted molar refractivity (Wildman–Crippen MR) is 102 cm³/mol. The molecule has 0 spiro atoms. The third-order valence-electron chi connectivity index (χ3n) is 5.87. The minimum atomic E-state index is 0.276. The quantitative estimate of drug-likeness (QED) is 0.831. The highest BCUT2D eigenvalue weighted by molar-refractivity contribution is 5.76. The van der Waals surface area contributed by atoms with Gasteiger partial charge in [0.05, 0.1) is 0 Å². The summed E-state index contributed by atoms with van der Waals surface area (Å²) in [4.78, 5) is 17.5. The van der Waals surface area contributed by atoms with Crippen molar-refractivity contribution in [3.63, 3.8) is 0 Å². The molecule has 2 atom stereocenters. The summed E-state index contributed by atoms with van der Waals surface area (Å²) in [6.45, 7) is 6.61. The van der Waals surface area contributed by atoms with Crippen molar-refractivity contribution in [3.05, 3.63) is 53.9 Å². The molecule has 5 heteroatoms. The van der Waals surface area contributed by atoms with Crippen molar-refractivity contribution in [1.82, 2.24) is 19.6 Å². The highest BCUT2D eigenvalue weighted by atomic mass is 16.2. The fourth-order valence-corrected chi connectivity index (χ4v) is 4.39. The Bertz CT molecular complexity index is 741. The Labute approximate surface area is 155 Å². The van der Waals surface area contributed by atoms with E-state index in [1.807, 2.05) is 17.7 Å². The van der Waals surface area contributed by atoms with E-state index in [1.54, 1.807) is 6.20 Å². The molecule has 1 amide bonds. The first kappa shape index (κ1) is 17.3.